The molecule has 1 atom stereocenters. The molecule has 11 nitrogen and oxygen atoms in total. The summed E-state index contributed by atoms with van der Waals surface area (Å²) in [6, 6.07) is 6.78. The number of anilines is 1. The van der Waals surface area contributed by atoms with Crippen LogP contribution >= 0.6 is 0 Å². The van der Waals surface area contributed by atoms with E-state index in [2.05, 4.69) is 30.3 Å². The van der Waals surface area contributed by atoms with E-state index in [4.69, 9.17) is 0 Å². The SMILES string of the molecule is CS(=O)(=O)NC1CCC(Nc2ccc([C@@H](CC(=O)O)NC(=O)c3c[nH]c4ncncc34)cc2)CC1. The zero-order valence-electron chi connectivity index (χ0n) is 19.2. The summed E-state index contributed by atoms with van der Waals surface area (Å²) in [6.07, 6.45) is 8.53. The van der Waals surface area contributed by atoms with Gasteiger partial charge >= 0.3 is 5.97 Å². The molecule has 0 unspecified atom stereocenters. The first-order chi connectivity index (χ1) is 16.7. The average Bonchev–Trinajstić information content (AvgIpc) is 3.24. The largest absolute Gasteiger partial charge is 0.481 e. The number of nitrogens with zero attached hydrogens (tertiary/aromatic N) is 2. The standard InChI is InChI=1S/C23H28N6O5S/c1-35(33,34)29-17-8-6-16(7-9-17)27-15-4-2-14(3-5-15)20(10-21(30)31)28-23(32)19-12-25-22-18(19)11-24-13-26-22/h2-5,11-13,16-17,20,27,29H,6-10H2,1H3,(H,28,32)(H,30,31)(H,24,25,26)/t16?,17?,20-/m1/s1. The van der Waals surface area contributed by atoms with Crippen molar-refractivity contribution < 1.29 is 23.1 Å². The number of amides is 1. The maximum Gasteiger partial charge on any atom is 0.305 e. The number of rotatable bonds is 9. The van der Waals surface area contributed by atoms with E-state index >= 15 is 0 Å². The van der Waals surface area contributed by atoms with Crippen LogP contribution in [0.1, 0.15) is 54.1 Å². The third kappa shape index (κ3) is 6.55. The lowest BCUT2D eigenvalue weighted by Crippen LogP contribution is -2.39. The lowest BCUT2D eigenvalue weighted by Gasteiger charge is -2.30. The van der Waals surface area contributed by atoms with Crippen LogP contribution in [-0.2, 0) is 14.8 Å². The van der Waals surface area contributed by atoms with Crippen LogP contribution in [0.5, 0.6) is 0 Å². The fourth-order valence-electron chi connectivity index (χ4n) is 4.42. The molecule has 1 fully saturated rings. The number of carbonyl (C=O) groups is 2. The monoisotopic (exact) mass is 500 g/mol. The number of hydrogen-bond donors (Lipinski definition) is 5. The van der Waals surface area contributed by atoms with Crippen molar-refractivity contribution in [2.75, 3.05) is 11.6 Å². The third-order valence-electron chi connectivity index (χ3n) is 6.08. The highest BCUT2D eigenvalue weighted by Gasteiger charge is 2.24. The summed E-state index contributed by atoms with van der Waals surface area (Å²) in [4.78, 5) is 35.3. The molecule has 0 spiro atoms. The van der Waals surface area contributed by atoms with E-state index in [0.29, 0.717) is 22.2 Å². The van der Waals surface area contributed by atoms with Crippen LogP contribution in [-0.4, -0.2) is 58.7 Å². The number of carboxylic acids is 1. The maximum atomic E-state index is 12.9. The second kappa shape index (κ2) is 10.4. The fraction of sp³-hybridized carbons (Fsp3) is 0.391. The van der Waals surface area contributed by atoms with Crippen molar-refractivity contribution in [2.24, 2.45) is 0 Å². The van der Waals surface area contributed by atoms with Crippen molar-refractivity contribution in [1.29, 1.82) is 0 Å². The number of aromatic nitrogens is 3. The smallest absolute Gasteiger partial charge is 0.305 e. The lowest BCUT2D eigenvalue weighted by molar-refractivity contribution is -0.137. The molecule has 1 saturated carbocycles. The highest BCUT2D eigenvalue weighted by Crippen LogP contribution is 2.25. The molecular weight excluding hydrogens is 472 g/mol. The number of aromatic amines is 1. The minimum absolute atomic E-state index is 0.0328. The Hall–Kier alpha value is -3.51. The van der Waals surface area contributed by atoms with Crippen LogP contribution in [0.2, 0.25) is 0 Å². The predicted octanol–water partition coefficient (Wildman–Crippen LogP) is 2.18. The molecule has 3 aromatic rings. The van der Waals surface area contributed by atoms with Crippen LogP contribution in [0.4, 0.5) is 5.69 Å². The molecular formula is C23H28N6O5S. The maximum absolute atomic E-state index is 12.9. The van der Waals surface area contributed by atoms with E-state index in [-0.39, 0.29) is 18.5 Å². The van der Waals surface area contributed by atoms with Crippen LogP contribution in [0.3, 0.4) is 0 Å². The van der Waals surface area contributed by atoms with E-state index < -0.39 is 27.9 Å². The third-order valence-corrected chi connectivity index (χ3v) is 6.84. The minimum atomic E-state index is -3.21. The zero-order chi connectivity index (χ0) is 25.0. The number of nitrogens with one attached hydrogen (secondary N) is 4. The molecule has 1 aliphatic rings. The minimum Gasteiger partial charge on any atom is -0.481 e. The molecule has 1 aromatic carbocycles. The summed E-state index contributed by atoms with van der Waals surface area (Å²) in [5.74, 6) is -1.45. The molecule has 12 heteroatoms. The van der Waals surface area contributed by atoms with E-state index in [9.17, 15) is 23.1 Å². The van der Waals surface area contributed by atoms with Gasteiger partial charge in [0.25, 0.3) is 5.91 Å². The molecule has 0 radical (unpaired) electrons. The first-order valence-electron chi connectivity index (χ1n) is 11.3. The first-order valence-corrected chi connectivity index (χ1v) is 13.2. The molecule has 0 bridgehead atoms. The van der Waals surface area contributed by atoms with E-state index in [1.807, 2.05) is 12.1 Å². The molecule has 1 aliphatic carbocycles. The average molecular weight is 501 g/mol. The predicted molar refractivity (Wildman–Crippen MR) is 130 cm³/mol. The number of H-pyrrole nitrogens is 1. The van der Waals surface area contributed by atoms with Crippen molar-refractivity contribution in [3.8, 4) is 0 Å². The second-order valence-electron chi connectivity index (χ2n) is 8.82. The van der Waals surface area contributed by atoms with Gasteiger partial charge in [-0.15, -0.1) is 0 Å². The molecule has 5 N–H and O–H groups in total. The second-order valence-corrected chi connectivity index (χ2v) is 10.6. The summed E-state index contributed by atoms with van der Waals surface area (Å²) in [5, 5.41) is 16.2. The Bertz CT molecular complexity index is 1300. The van der Waals surface area contributed by atoms with Crippen LogP contribution < -0.4 is 15.4 Å². The van der Waals surface area contributed by atoms with Gasteiger partial charge in [-0.1, -0.05) is 12.1 Å². The fourth-order valence-corrected chi connectivity index (χ4v) is 5.26. The van der Waals surface area contributed by atoms with Crippen molar-refractivity contribution in [1.82, 2.24) is 25.0 Å². The van der Waals surface area contributed by atoms with Crippen LogP contribution in [0.15, 0.2) is 43.0 Å². The van der Waals surface area contributed by atoms with Gasteiger partial charge in [0.15, 0.2) is 0 Å². The Morgan fingerprint density at radius 1 is 1.14 bits per heavy atom. The molecule has 0 aliphatic heterocycles. The lowest BCUT2D eigenvalue weighted by atomic mass is 9.91. The van der Waals surface area contributed by atoms with Gasteiger partial charge in [0.05, 0.1) is 24.3 Å². The molecule has 1 amide bonds. The Labute approximate surface area is 202 Å². The van der Waals surface area contributed by atoms with Gasteiger partial charge in [-0.05, 0) is 43.4 Å². The Morgan fingerprint density at radius 3 is 2.49 bits per heavy atom. The number of carboxylic acid groups (broad SMARTS) is 1. The summed E-state index contributed by atoms with van der Waals surface area (Å²) >= 11 is 0. The van der Waals surface area contributed by atoms with Crippen LogP contribution in [0.25, 0.3) is 11.0 Å². The first kappa shape index (κ1) is 24.6. The molecule has 4 rings (SSSR count). The molecule has 35 heavy (non-hydrogen) atoms. The summed E-state index contributed by atoms with van der Waals surface area (Å²) in [5.41, 5.74) is 2.41. The number of sulfonamides is 1. The number of benzene rings is 1. The molecule has 0 saturated heterocycles. The zero-order valence-corrected chi connectivity index (χ0v) is 20.0. The quantitative estimate of drug-likeness (QED) is 0.298. The number of aliphatic carboxylic acids is 1. The van der Waals surface area contributed by atoms with Gasteiger partial charge in [-0.25, -0.2) is 23.1 Å². The van der Waals surface area contributed by atoms with Gasteiger partial charge in [0, 0.05) is 35.6 Å². The van der Waals surface area contributed by atoms with Crippen molar-refractivity contribution >= 4 is 38.6 Å². The summed E-state index contributed by atoms with van der Waals surface area (Å²) in [6.45, 7) is 0. The van der Waals surface area contributed by atoms with Gasteiger partial charge in [0.1, 0.15) is 12.0 Å². The summed E-state index contributed by atoms with van der Waals surface area (Å²) < 4.78 is 25.5. The molecule has 2 aromatic heterocycles. The van der Waals surface area contributed by atoms with E-state index in [1.165, 1.54) is 25.0 Å². The summed E-state index contributed by atoms with van der Waals surface area (Å²) in [7, 11) is -3.21. The van der Waals surface area contributed by atoms with Gasteiger partial charge in [-0.3, -0.25) is 9.59 Å². The van der Waals surface area contributed by atoms with Crippen molar-refractivity contribution in [2.45, 2.75) is 50.2 Å². The van der Waals surface area contributed by atoms with E-state index in [1.54, 1.807) is 12.1 Å². The Balaban J connectivity index is 1.40. The number of carbonyl (C=O) groups excluding carboxylic acids is 1. The van der Waals surface area contributed by atoms with Gasteiger partial charge < -0.3 is 20.7 Å². The van der Waals surface area contributed by atoms with Crippen molar-refractivity contribution in [3.05, 3.63) is 54.1 Å². The van der Waals surface area contributed by atoms with Crippen LogP contribution in [0, 0.1) is 0 Å². The number of fused-ring (bicyclic) bond motifs is 1. The van der Waals surface area contributed by atoms with Crippen molar-refractivity contribution in [3.63, 3.8) is 0 Å². The van der Waals surface area contributed by atoms with E-state index in [0.717, 1.165) is 31.4 Å². The Morgan fingerprint density at radius 2 is 1.83 bits per heavy atom. The molecule has 186 valence electrons. The van der Waals surface area contributed by atoms with Gasteiger partial charge in [0.2, 0.25) is 10.0 Å². The highest BCUT2D eigenvalue weighted by atomic mass is 32.2. The molecule has 2 heterocycles. The normalized spacial score (nSPS) is 19.2. The van der Waals surface area contributed by atoms with Gasteiger partial charge in [-0.2, -0.15) is 0 Å². The highest BCUT2D eigenvalue weighted by molar-refractivity contribution is 7.88. The topological polar surface area (TPSA) is 166 Å². The number of hydrogen-bond acceptors (Lipinski definition) is 7. The Kier molecular flexibility index (Phi) is 7.31.